The lowest BCUT2D eigenvalue weighted by molar-refractivity contribution is 0.229. The van der Waals surface area contributed by atoms with Gasteiger partial charge in [-0.15, -0.1) is 0 Å². The van der Waals surface area contributed by atoms with Gasteiger partial charge in [-0.05, 0) is 45.0 Å². The molecule has 0 saturated carbocycles. The molecule has 1 aromatic carbocycles. The molecule has 2 rings (SSSR count). The van der Waals surface area contributed by atoms with Crippen molar-refractivity contribution in [3.05, 3.63) is 30.3 Å². The van der Waals surface area contributed by atoms with Crippen LogP contribution in [0.3, 0.4) is 0 Å². The minimum atomic E-state index is 1.08. The van der Waals surface area contributed by atoms with Crippen molar-refractivity contribution in [3.8, 4) is 0 Å². The van der Waals surface area contributed by atoms with E-state index in [1.807, 2.05) is 0 Å². The zero-order chi connectivity index (χ0) is 11.2. The van der Waals surface area contributed by atoms with Gasteiger partial charge in [-0.25, -0.2) is 0 Å². The Morgan fingerprint density at radius 2 is 1.75 bits per heavy atom. The highest BCUT2D eigenvalue weighted by Gasteiger charge is 2.13. The number of nitrogens with zero attached hydrogens (tertiary/aromatic N) is 2. The Labute approximate surface area is 98.9 Å². The second-order valence-electron chi connectivity index (χ2n) is 4.51. The minimum Gasteiger partial charge on any atom is -0.359 e. The molecule has 88 valence electrons. The van der Waals surface area contributed by atoms with Crippen LogP contribution in [0.15, 0.2) is 30.3 Å². The summed E-state index contributed by atoms with van der Waals surface area (Å²) in [4.78, 5) is 5.02. The summed E-state index contributed by atoms with van der Waals surface area (Å²) in [7, 11) is 0. The Bertz CT molecular complexity index is 291. The number of para-hydroxylation sites is 1. The molecule has 1 saturated heterocycles. The van der Waals surface area contributed by atoms with E-state index in [0.717, 1.165) is 13.2 Å². The third-order valence-electron chi connectivity index (χ3n) is 3.32. The van der Waals surface area contributed by atoms with Crippen LogP contribution in [0.25, 0.3) is 0 Å². The van der Waals surface area contributed by atoms with Crippen LogP contribution in [0.5, 0.6) is 0 Å². The van der Waals surface area contributed by atoms with Gasteiger partial charge < -0.3 is 4.90 Å². The maximum absolute atomic E-state index is 2.57. The number of anilines is 1. The molecule has 0 spiro atoms. The number of piperidine rings is 1. The van der Waals surface area contributed by atoms with Crippen molar-refractivity contribution in [2.75, 3.05) is 31.2 Å². The van der Waals surface area contributed by atoms with E-state index < -0.39 is 0 Å². The highest BCUT2D eigenvalue weighted by Crippen LogP contribution is 2.15. The largest absolute Gasteiger partial charge is 0.359 e. The molecular formula is C14H22N2. The topological polar surface area (TPSA) is 6.48 Å². The Kier molecular flexibility index (Phi) is 4.23. The van der Waals surface area contributed by atoms with Gasteiger partial charge in [-0.3, -0.25) is 4.90 Å². The summed E-state index contributed by atoms with van der Waals surface area (Å²) >= 11 is 0. The van der Waals surface area contributed by atoms with Crippen LogP contribution in [-0.4, -0.2) is 31.2 Å². The van der Waals surface area contributed by atoms with E-state index in [0.29, 0.717) is 0 Å². The van der Waals surface area contributed by atoms with Crippen molar-refractivity contribution in [2.45, 2.75) is 26.2 Å². The molecule has 2 nitrogen and oxygen atoms in total. The maximum Gasteiger partial charge on any atom is 0.0706 e. The number of benzene rings is 1. The molecule has 1 aromatic rings. The first kappa shape index (κ1) is 11.5. The first-order valence-electron chi connectivity index (χ1n) is 6.42. The van der Waals surface area contributed by atoms with E-state index in [2.05, 4.69) is 47.1 Å². The van der Waals surface area contributed by atoms with Gasteiger partial charge in [0.25, 0.3) is 0 Å². The SMILES string of the molecule is CCN(CN1CCCCC1)c1ccccc1. The molecule has 0 aliphatic carbocycles. The fourth-order valence-corrected chi connectivity index (χ4v) is 2.35. The fourth-order valence-electron chi connectivity index (χ4n) is 2.35. The summed E-state index contributed by atoms with van der Waals surface area (Å²) < 4.78 is 0. The molecular weight excluding hydrogens is 196 g/mol. The summed E-state index contributed by atoms with van der Waals surface area (Å²) in [5.41, 5.74) is 1.34. The van der Waals surface area contributed by atoms with Gasteiger partial charge in [-0.2, -0.15) is 0 Å². The summed E-state index contributed by atoms with van der Waals surface area (Å²) in [5, 5.41) is 0. The molecule has 0 amide bonds. The van der Waals surface area contributed by atoms with Crippen LogP contribution < -0.4 is 4.90 Å². The van der Waals surface area contributed by atoms with Crippen LogP contribution in [0.4, 0.5) is 5.69 Å². The van der Waals surface area contributed by atoms with Gasteiger partial charge in [0.15, 0.2) is 0 Å². The first-order chi connectivity index (χ1) is 7.90. The Balaban J connectivity index is 1.94. The minimum absolute atomic E-state index is 1.08. The van der Waals surface area contributed by atoms with Crippen molar-refractivity contribution >= 4 is 5.69 Å². The van der Waals surface area contributed by atoms with Gasteiger partial charge in [0.2, 0.25) is 0 Å². The number of hydrogen-bond acceptors (Lipinski definition) is 2. The number of likely N-dealkylation sites (tertiary alicyclic amines) is 1. The highest BCUT2D eigenvalue weighted by atomic mass is 15.3. The Morgan fingerprint density at radius 3 is 2.38 bits per heavy atom. The normalized spacial score (nSPS) is 17.3. The van der Waals surface area contributed by atoms with Crippen LogP contribution in [0, 0.1) is 0 Å². The Morgan fingerprint density at radius 1 is 1.06 bits per heavy atom. The molecule has 1 fully saturated rings. The molecule has 0 bridgehead atoms. The lowest BCUT2D eigenvalue weighted by Crippen LogP contribution is -2.40. The summed E-state index contributed by atoms with van der Waals surface area (Å²) in [6.45, 7) is 6.94. The summed E-state index contributed by atoms with van der Waals surface area (Å²) in [6.07, 6.45) is 4.15. The second-order valence-corrected chi connectivity index (χ2v) is 4.51. The standard InChI is InChI=1S/C14H22N2/c1-2-16(14-9-5-3-6-10-14)13-15-11-7-4-8-12-15/h3,5-6,9-10H,2,4,7-8,11-13H2,1H3. The van der Waals surface area contributed by atoms with Gasteiger partial charge in [-0.1, -0.05) is 24.6 Å². The second kappa shape index (κ2) is 5.90. The summed E-state index contributed by atoms with van der Waals surface area (Å²) in [6, 6.07) is 10.7. The predicted octanol–water partition coefficient (Wildman–Crippen LogP) is 2.96. The predicted molar refractivity (Wildman–Crippen MR) is 69.8 cm³/mol. The monoisotopic (exact) mass is 218 g/mol. The smallest absolute Gasteiger partial charge is 0.0706 e. The number of rotatable bonds is 4. The van der Waals surface area contributed by atoms with Crippen molar-refractivity contribution in [3.63, 3.8) is 0 Å². The van der Waals surface area contributed by atoms with E-state index in [-0.39, 0.29) is 0 Å². The molecule has 16 heavy (non-hydrogen) atoms. The molecule has 1 aliphatic rings. The van der Waals surface area contributed by atoms with Crippen molar-refractivity contribution in [1.82, 2.24) is 4.90 Å². The van der Waals surface area contributed by atoms with Crippen molar-refractivity contribution in [1.29, 1.82) is 0 Å². The molecule has 2 heteroatoms. The van der Waals surface area contributed by atoms with E-state index in [4.69, 9.17) is 0 Å². The molecule has 0 radical (unpaired) electrons. The molecule has 0 N–H and O–H groups in total. The van der Waals surface area contributed by atoms with Gasteiger partial charge >= 0.3 is 0 Å². The van der Waals surface area contributed by atoms with E-state index in [1.54, 1.807) is 0 Å². The van der Waals surface area contributed by atoms with Crippen LogP contribution in [0.1, 0.15) is 26.2 Å². The molecule has 1 aliphatic heterocycles. The molecule has 0 atom stereocenters. The average molecular weight is 218 g/mol. The molecule has 0 aromatic heterocycles. The third kappa shape index (κ3) is 2.99. The fraction of sp³-hybridized carbons (Fsp3) is 0.571. The van der Waals surface area contributed by atoms with Crippen LogP contribution in [0.2, 0.25) is 0 Å². The quantitative estimate of drug-likeness (QED) is 0.766. The van der Waals surface area contributed by atoms with Gasteiger partial charge in [0.05, 0.1) is 6.67 Å². The van der Waals surface area contributed by atoms with E-state index in [9.17, 15) is 0 Å². The zero-order valence-corrected chi connectivity index (χ0v) is 10.2. The van der Waals surface area contributed by atoms with Crippen molar-refractivity contribution < 1.29 is 0 Å². The van der Waals surface area contributed by atoms with E-state index in [1.165, 1.54) is 38.0 Å². The van der Waals surface area contributed by atoms with Gasteiger partial charge in [0.1, 0.15) is 0 Å². The lowest BCUT2D eigenvalue weighted by atomic mass is 10.1. The third-order valence-corrected chi connectivity index (χ3v) is 3.32. The lowest BCUT2D eigenvalue weighted by Gasteiger charge is -2.33. The van der Waals surface area contributed by atoms with Crippen LogP contribution >= 0.6 is 0 Å². The maximum atomic E-state index is 2.57. The molecule has 0 unspecified atom stereocenters. The first-order valence-corrected chi connectivity index (χ1v) is 6.42. The summed E-state index contributed by atoms with van der Waals surface area (Å²) in [5.74, 6) is 0. The highest BCUT2D eigenvalue weighted by molar-refractivity contribution is 5.45. The average Bonchev–Trinajstić information content (AvgIpc) is 2.38. The zero-order valence-electron chi connectivity index (χ0n) is 10.2. The number of hydrogen-bond donors (Lipinski definition) is 0. The van der Waals surface area contributed by atoms with Gasteiger partial charge in [0, 0.05) is 12.2 Å². The molecule has 1 heterocycles. The van der Waals surface area contributed by atoms with Crippen LogP contribution in [-0.2, 0) is 0 Å². The van der Waals surface area contributed by atoms with E-state index >= 15 is 0 Å². The van der Waals surface area contributed by atoms with Crippen molar-refractivity contribution in [2.24, 2.45) is 0 Å². The Hall–Kier alpha value is -1.02.